The van der Waals surface area contributed by atoms with Gasteiger partial charge in [-0.3, -0.25) is 9.78 Å². The smallest absolute Gasteiger partial charge is 0.227 e. The molecule has 0 bridgehead atoms. The zero-order valence-electron chi connectivity index (χ0n) is 12.3. The van der Waals surface area contributed by atoms with Crippen molar-refractivity contribution in [1.82, 2.24) is 14.9 Å². The van der Waals surface area contributed by atoms with Crippen LogP contribution in [0.3, 0.4) is 0 Å². The van der Waals surface area contributed by atoms with Crippen molar-refractivity contribution in [2.24, 2.45) is 11.7 Å². The Hall–Kier alpha value is -1.11. The number of carbonyl (C=O) groups excluding carboxylic acids is 1. The zero-order valence-corrected chi connectivity index (χ0v) is 13.9. The van der Waals surface area contributed by atoms with Crippen LogP contribution in [0.15, 0.2) is 18.6 Å². The fourth-order valence-corrected chi connectivity index (χ4v) is 2.12. The largest absolute Gasteiger partial charge is 0.352 e. The molecule has 0 aromatic carbocycles. The van der Waals surface area contributed by atoms with Gasteiger partial charge in [-0.1, -0.05) is 6.92 Å². The topological polar surface area (TPSA) is 75.4 Å². The van der Waals surface area contributed by atoms with Gasteiger partial charge >= 0.3 is 0 Å². The number of rotatable bonds is 3. The van der Waals surface area contributed by atoms with Crippen LogP contribution in [-0.4, -0.2) is 53.0 Å². The van der Waals surface area contributed by atoms with Crippen molar-refractivity contribution in [3.05, 3.63) is 18.6 Å². The number of nitrogens with zero attached hydrogens (tertiary/aromatic N) is 4. The number of piperazine rings is 1. The molecule has 0 saturated carbocycles. The molecule has 1 aromatic heterocycles. The Balaban J connectivity index is 0.00000200. The molecule has 2 unspecified atom stereocenters. The van der Waals surface area contributed by atoms with Crippen molar-refractivity contribution in [2.45, 2.75) is 19.9 Å². The number of hydrogen-bond acceptors (Lipinski definition) is 5. The number of nitrogens with two attached hydrogens (primary N) is 1. The van der Waals surface area contributed by atoms with Crippen LogP contribution in [0.4, 0.5) is 5.82 Å². The van der Waals surface area contributed by atoms with Crippen LogP contribution in [0.5, 0.6) is 0 Å². The summed E-state index contributed by atoms with van der Waals surface area (Å²) in [6.07, 6.45) is 5.10. The first-order valence-corrected chi connectivity index (χ1v) is 6.65. The van der Waals surface area contributed by atoms with Crippen LogP contribution < -0.4 is 10.6 Å². The molecule has 6 nitrogen and oxygen atoms in total. The van der Waals surface area contributed by atoms with Gasteiger partial charge in [-0.05, 0) is 6.92 Å². The van der Waals surface area contributed by atoms with Crippen LogP contribution in [0, 0.1) is 5.92 Å². The highest BCUT2D eigenvalue weighted by Gasteiger charge is 2.26. The molecular weight excluding hydrogens is 313 g/mol. The van der Waals surface area contributed by atoms with Crippen LogP contribution >= 0.6 is 24.8 Å². The van der Waals surface area contributed by atoms with E-state index < -0.39 is 0 Å². The summed E-state index contributed by atoms with van der Waals surface area (Å²) < 4.78 is 0. The van der Waals surface area contributed by atoms with Gasteiger partial charge in [0.15, 0.2) is 0 Å². The maximum atomic E-state index is 12.2. The molecule has 120 valence electrons. The average Bonchev–Trinajstić information content (AvgIpc) is 2.46. The molecule has 2 N–H and O–H groups in total. The quantitative estimate of drug-likeness (QED) is 0.890. The minimum absolute atomic E-state index is 0. The summed E-state index contributed by atoms with van der Waals surface area (Å²) in [4.78, 5) is 24.6. The Kier molecular flexibility index (Phi) is 8.54. The van der Waals surface area contributed by atoms with E-state index >= 15 is 0 Å². The van der Waals surface area contributed by atoms with Crippen LogP contribution in [0.1, 0.15) is 13.8 Å². The van der Waals surface area contributed by atoms with Gasteiger partial charge in [0, 0.05) is 44.6 Å². The fourth-order valence-electron chi connectivity index (χ4n) is 2.12. The highest BCUT2D eigenvalue weighted by Crippen LogP contribution is 2.14. The Labute approximate surface area is 137 Å². The van der Waals surface area contributed by atoms with E-state index in [2.05, 4.69) is 14.9 Å². The molecule has 0 aliphatic carbocycles. The van der Waals surface area contributed by atoms with E-state index in [1.807, 2.05) is 18.7 Å². The maximum absolute atomic E-state index is 12.2. The third kappa shape index (κ3) is 4.98. The Morgan fingerprint density at radius 3 is 2.29 bits per heavy atom. The summed E-state index contributed by atoms with van der Waals surface area (Å²) in [6.45, 7) is 6.77. The van der Waals surface area contributed by atoms with Gasteiger partial charge in [-0.2, -0.15) is 0 Å². The van der Waals surface area contributed by atoms with E-state index in [1.165, 1.54) is 0 Å². The molecule has 8 heteroatoms. The van der Waals surface area contributed by atoms with Crippen molar-refractivity contribution in [2.75, 3.05) is 31.1 Å². The van der Waals surface area contributed by atoms with Gasteiger partial charge in [0.05, 0.1) is 12.1 Å². The average molecular weight is 336 g/mol. The first-order valence-electron chi connectivity index (χ1n) is 6.65. The maximum Gasteiger partial charge on any atom is 0.227 e. The fraction of sp³-hybridized carbons (Fsp3) is 0.615. The molecular formula is C13H23Cl2N5O. The molecule has 1 aliphatic rings. The Morgan fingerprint density at radius 1 is 1.19 bits per heavy atom. The number of amides is 1. The summed E-state index contributed by atoms with van der Waals surface area (Å²) in [7, 11) is 0. The molecule has 2 atom stereocenters. The van der Waals surface area contributed by atoms with E-state index in [0.717, 1.165) is 18.9 Å². The lowest BCUT2D eigenvalue weighted by atomic mass is 10.0. The number of carbonyl (C=O) groups is 1. The lowest BCUT2D eigenvalue weighted by Gasteiger charge is -2.36. The number of anilines is 1. The lowest BCUT2D eigenvalue weighted by molar-refractivity contribution is -0.135. The first-order chi connectivity index (χ1) is 9.09. The second-order valence-corrected chi connectivity index (χ2v) is 5.02. The van der Waals surface area contributed by atoms with Gasteiger partial charge in [-0.25, -0.2) is 4.98 Å². The molecule has 1 amide bonds. The number of hydrogen-bond donors (Lipinski definition) is 1. The minimum Gasteiger partial charge on any atom is -0.352 e. The molecule has 2 rings (SSSR count). The van der Waals surface area contributed by atoms with Gasteiger partial charge in [-0.15, -0.1) is 24.8 Å². The molecule has 1 aromatic rings. The van der Waals surface area contributed by atoms with E-state index in [9.17, 15) is 4.79 Å². The predicted molar refractivity (Wildman–Crippen MR) is 88.1 cm³/mol. The van der Waals surface area contributed by atoms with Gasteiger partial charge in [0.2, 0.25) is 5.91 Å². The van der Waals surface area contributed by atoms with Crippen LogP contribution in [-0.2, 0) is 4.79 Å². The Morgan fingerprint density at radius 2 is 1.81 bits per heavy atom. The van der Waals surface area contributed by atoms with E-state index in [1.54, 1.807) is 18.6 Å². The van der Waals surface area contributed by atoms with Crippen molar-refractivity contribution >= 4 is 36.5 Å². The summed E-state index contributed by atoms with van der Waals surface area (Å²) >= 11 is 0. The highest BCUT2D eigenvalue weighted by atomic mass is 35.5. The molecule has 2 heterocycles. The molecule has 1 fully saturated rings. The van der Waals surface area contributed by atoms with Gasteiger partial charge in [0.25, 0.3) is 0 Å². The standard InChI is InChI=1S/C13H21N5O.2ClH/c1-10(11(2)14)13(19)18-7-5-17(6-8-18)12-9-15-3-4-16-12;;/h3-4,9-11H,5-8,14H2,1-2H3;2*1H. The third-order valence-corrected chi connectivity index (χ3v) is 3.64. The number of aromatic nitrogens is 2. The molecule has 1 saturated heterocycles. The van der Waals surface area contributed by atoms with Crippen molar-refractivity contribution in [1.29, 1.82) is 0 Å². The third-order valence-electron chi connectivity index (χ3n) is 3.64. The van der Waals surface area contributed by atoms with E-state index in [0.29, 0.717) is 13.1 Å². The summed E-state index contributed by atoms with van der Waals surface area (Å²) in [6, 6.07) is -0.106. The van der Waals surface area contributed by atoms with Crippen molar-refractivity contribution in [3.8, 4) is 0 Å². The van der Waals surface area contributed by atoms with Gasteiger partial charge in [0.1, 0.15) is 5.82 Å². The lowest BCUT2D eigenvalue weighted by Crippen LogP contribution is -2.52. The van der Waals surface area contributed by atoms with E-state index in [-0.39, 0.29) is 42.7 Å². The molecule has 21 heavy (non-hydrogen) atoms. The van der Waals surface area contributed by atoms with Crippen molar-refractivity contribution in [3.63, 3.8) is 0 Å². The summed E-state index contributed by atoms with van der Waals surface area (Å²) in [5, 5.41) is 0. The monoisotopic (exact) mass is 335 g/mol. The minimum atomic E-state index is -0.122. The summed E-state index contributed by atoms with van der Waals surface area (Å²) in [5.74, 6) is 0.895. The SMILES string of the molecule is CC(N)C(C)C(=O)N1CCN(c2cnccn2)CC1.Cl.Cl. The normalized spacial score (nSPS) is 17.3. The number of halogens is 2. The van der Waals surface area contributed by atoms with Crippen LogP contribution in [0.25, 0.3) is 0 Å². The second kappa shape index (κ2) is 9.02. The predicted octanol–water partition coefficient (Wildman–Crippen LogP) is 0.952. The van der Waals surface area contributed by atoms with Crippen LogP contribution in [0.2, 0.25) is 0 Å². The first kappa shape index (κ1) is 19.9. The van der Waals surface area contributed by atoms with Crippen molar-refractivity contribution < 1.29 is 4.79 Å². The van der Waals surface area contributed by atoms with E-state index in [4.69, 9.17) is 5.73 Å². The molecule has 0 radical (unpaired) electrons. The Bertz CT molecular complexity index is 424. The summed E-state index contributed by atoms with van der Waals surface area (Å²) in [5.41, 5.74) is 5.79. The second-order valence-electron chi connectivity index (χ2n) is 5.02. The van der Waals surface area contributed by atoms with Gasteiger partial charge < -0.3 is 15.5 Å². The highest BCUT2D eigenvalue weighted by molar-refractivity contribution is 5.85. The molecule has 0 spiro atoms. The molecule has 1 aliphatic heterocycles. The zero-order chi connectivity index (χ0) is 13.8.